The van der Waals surface area contributed by atoms with Crippen molar-refractivity contribution in [3.05, 3.63) is 59.7 Å². The van der Waals surface area contributed by atoms with E-state index in [2.05, 4.69) is 21.9 Å². The molecule has 0 atom stereocenters. The minimum Gasteiger partial charge on any atom is -0.337 e. The quantitative estimate of drug-likeness (QED) is 0.702. The average Bonchev–Trinajstić information content (AvgIpc) is 2.99. The molecule has 1 amide bonds. The topological polar surface area (TPSA) is 52.2 Å². The van der Waals surface area contributed by atoms with E-state index >= 15 is 0 Å². The van der Waals surface area contributed by atoms with E-state index in [9.17, 15) is 4.79 Å². The Morgan fingerprint density at radius 2 is 1.89 bits per heavy atom. The molecule has 0 spiro atoms. The summed E-state index contributed by atoms with van der Waals surface area (Å²) in [4.78, 5) is 24.9. The van der Waals surface area contributed by atoms with E-state index in [0.717, 1.165) is 60.1 Å². The Balaban J connectivity index is 1.37. The van der Waals surface area contributed by atoms with Crippen LogP contribution in [-0.2, 0) is 5.75 Å². The number of nitrogens with zero attached hydrogens (tertiary/aromatic N) is 3. The summed E-state index contributed by atoms with van der Waals surface area (Å²) in [5.74, 6) is 0.963. The number of benzene rings is 2. The van der Waals surface area contributed by atoms with Crippen molar-refractivity contribution < 1.29 is 4.79 Å². The van der Waals surface area contributed by atoms with Crippen molar-refractivity contribution >= 4 is 28.7 Å². The summed E-state index contributed by atoms with van der Waals surface area (Å²) in [5.41, 5.74) is 4.01. The molecule has 2 aromatic carbocycles. The van der Waals surface area contributed by atoms with Crippen molar-refractivity contribution in [2.75, 3.05) is 33.2 Å². The maximum Gasteiger partial charge on any atom is 0.253 e. The minimum atomic E-state index is 0.141. The Hall–Kier alpha value is -2.31. The normalized spacial score (nSPS) is 15.8. The smallest absolute Gasteiger partial charge is 0.253 e. The molecule has 1 aliphatic rings. The summed E-state index contributed by atoms with van der Waals surface area (Å²) in [6, 6.07) is 16.0. The molecule has 0 bridgehead atoms. The fraction of sp³-hybridized carbons (Fsp3) is 0.333. The average molecular weight is 381 g/mol. The van der Waals surface area contributed by atoms with Gasteiger partial charge < -0.3 is 14.8 Å². The highest BCUT2D eigenvalue weighted by molar-refractivity contribution is 7.98. The first-order chi connectivity index (χ1) is 13.2. The van der Waals surface area contributed by atoms with Crippen molar-refractivity contribution in [3.8, 4) is 0 Å². The van der Waals surface area contributed by atoms with Crippen molar-refractivity contribution in [1.82, 2.24) is 19.8 Å². The number of nitrogens with one attached hydrogen (secondary N) is 1. The fourth-order valence-corrected chi connectivity index (χ4v) is 4.17. The largest absolute Gasteiger partial charge is 0.337 e. The SMILES string of the molecule is CN1CCCN(C(=O)c2ccc(CSc3nc4ccccc4[nH]3)cc2)CC1. The lowest BCUT2D eigenvalue weighted by Gasteiger charge is -2.20. The van der Waals surface area contributed by atoms with Gasteiger partial charge >= 0.3 is 0 Å². The van der Waals surface area contributed by atoms with E-state index in [0.29, 0.717) is 0 Å². The third-order valence-corrected chi connectivity index (χ3v) is 5.90. The number of fused-ring (bicyclic) bond motifs is 1. The molecule has 3 aromatic rings. The van der Waals surface area contributed by atoms with Gasteiger partial charge in [0.05, 0.1) is 11.0 Å². The van der Waals surface area contributed by atoms with Crippen LogP contribution in [0.2, 0.25) is 0 Å². The van der Waals surface area contributed by atoms with Crippen molar-refractivity contribution in [3.63, 3.8) is 0 Å². The number of aromatic amines is 1. The van der Waals surface area contributed by atoms with E-state index in [1.807, 2.05) is 53.4 Å². The highest BCUT2D eigenvalue weighted by atomic mass is 32.2. The third kappa shape index (κ3) is 4.34. The molecular weight excluding hydrogens is 356 g/mol. The molecule has 4 rings (SSSR count). The van der Waals surface area contributed by atoms with Crippen LogP contribution in [0, 0.1) is 0 Å². The number of hydrogen-bond donors (Lipinski definition) is 1. The summed E-state index contributed by atoms with van der Waals surface area (Å²) in [6.07, 6.45) is 1.04. The second-order valence-corrected chi connectivity index (χ2v) is 7.96. The zero-order valence-corrected chi connectivity index (χ0v) is 16.3. The van der Waals surface area contributed by atoms with Gasteiger partial charge in [-0.25, -0.2) is 4.98 Å². The molecule has 27 heavy (non-hydrogen) atoms. The first-order valence-electron chi connectivity index (χ1n) is 9.33. The highest BCUT2D eigenvalue weighted by Gasteiger charge is 2.18. The standard InChI is InChI=1S/C21H24N4OS/c1-24-11-4-12-25(14-13-24)20(26)17-9-7-16(8-10-17)15-27-21-22-18-5-2-3-6-19(18)23-21/h2-3,5-10H,4,11-15H2,1H3,(H,22,23). The van der Waals surface area contributed by atoms with Gasteiger partial charge in [0, 0.05) is 31.0 Å². The van der Waals surface area contributed by atoms with E-state index in [1.165, 1.54) is 5.56 Å². The van der Waals surface area contributed by atoms with E-state index in [4.69, 9.17) is 0 Å². The monoisotopic (exact) mass is 380 g/mol. The fourth-order valence-electron chi connectivity index (χ4n) is 3.33. The number of rotatable bonds is 4. The number of carbonyl (C=O) groups excluding carboxylic acids is 1. The lowest BCUT2D eigenvalue weighted by atomic mass is 10.1. The Bertz CT molecular complexity index is 888. The summed E-state index contributed by atoms with van der Waals surface area (Å²) in [5, 5.41) is 0.921. The van der Waals surface area contributed by atoms with Crippen LogP contribution < -0.4 is 0 Å². The van der Waals surface area contributed by atoms with Gasteiger partial charge in [-0.2, -0.15) is 0 Å². The van der Waals surface area contributed by atoms with Gasteiger partial charge in [-0.15, -0.1) is 0 Å². The van der Waals surface area contributed by atoms with Gasteiger partial charge in [-0.05, 0) is 49.8 Å². The second-order valence-electron chi connectivity index (χ2n) is 6.99. The van der Waals surface area contributed by atoms with Crippen molar-refractivity contribution in [2.45, 2.75) is 17.3 Å². The van der Waals surface area contributed by atoms with E-state index in [-0.39, 0.29) is 5.91 Å². The van der Waals surface area contributed by atoms with Crippen LogP contribution in [0.15, 0.2) is 53.7 Å². The molecule has 2 heterocycles. The van der Waals surface area contributed by atoms with Crippen LogP contribution in [0.4, 0.5) is 0 Å². The van der Waals surface area contributed by atoms with E-state index in [1.54, 1.807) is 11.8 Å². The zero-order valence-electron chi connectivity index (χ0n) is 15.5. The van der Waals surface area contributed by atoms with Crippen LogP contribution in [0.3, 0.4) is 0 Å². The van der Waals surface area contributed by atoms with Crippen LogP contribution in [0.1, 0.15) is 22.3 Å². The number of aromatic nitrogens is 2. The molecule has 0 unspecified atom stereocenters. The number of carbonyl (C=O) groups is 1. The predicted molar refractivity (Wildman–Crippen MR) is 110 cm³/mol. The summed E-state index contributed by atoms with van der Waals surface area (Å²) >= 11 is 1.68. The van der Waals surface area contributed by atoms with Crippen LogP contribution in [0.5, 0.6) is 0 Å². The molecule has 0 radical (unpaired) electrons. The van der Waals surface area contributed by atoms with Gasteiger partial charge in [0.1, 0.15) is 0 Å². The Kier molecular flexibility index (Phi) is 5.45. The predicted octanol–water partition coefficient (Wildman–Crippen LogP) is 3.63. The molecule has 140 valence electrons. The highest BCUT2D eigenvalue weighted by Crippen LogP contribution is 2.23. The number of thioether (sulfide) groups is 1. The Morgan fingerprint density at radius 3 is 2.70 bits per heavy atom. The second kappa shape index (κ2) is 8.15. The molecule has 6 heteroatoms. The maximum atomic E-state index is 12.7. The van der Waals surface area contributed by atoms with Crippen molar-refractivity contribution in [2.24, 2.45) is 0 Å². The number of hydrogen-bond acceptors (Lipinski definition) is 4. The molecule has 0 saturated carbocycles. The molecule has 1 N–H and O–H groups in total. The molecule has 1 saturated heterocycles. The first kappa shape index (κ1) is 18.1. The van der Waals surface area contributed by atoms with Crippen LogP contribution in [-0.4, -0.2) is 58.9 Å². The van der Waals surface area contributed by atoms with Gasteiger partial charge in [-0.1, -0.05) is 36.0 Å². The summed E-state index contributed by atoms with van der Waals surface area (Å²) in [7, 11) is 2.11. The number of para-hydroxylation sites is 2. The van der Waals surface area contributed by atoms with E-state index < -0.39 is 0 Å². The maximum absolute atomic E-state index is 12.7. The molecule has 5 nitrogen and oxygen atoms in total. The Labute approximate surface area is 163 Å². The van der Waals surface area contributed by atoms with Crippen LogP contribution >= 0.6 is 11.8 Å². The molecule has 1 aromatic heterocycles. The molecule has 1 fully saturated rings. The van der Waals surface area contributed by atoms with Gasteiger partial charge in [0.2, 0.25) is 0 Å². The number of imidazole rings is 1. The molecule has 0 aliphatic carbocycles. The molecular formula is C21H24N4OS. The number of likely N-dealkylation sites (N-methyl/N-ethyl adjacent to an activating group) is 1. The first-order valence-corrected chi connectivity index (χ1v) is 10.3. The van der Waals surface area contributed by atoms with Gasteiger partial charge in [0.15, 0.2) is 5.16 Å². The molecule has 1 aliphatic heterocycles. The zero-order chi connectivity index (χ0) is 18.6. The van der Waals surface area contributed by atoms with Crippen LogP contribution in [0.25, 0.3) is 11.0 Å². The Morgan fingerprint density at radius 1 is 1.07 bits per heavy atom. The summed E-state index contributed by atoms with van der Waals surface area (Å²) in [6.45, 7) is 3.64. The third-order valence-electron chi connectivity index (χ3n) is 4.95. The minimum absolute atomic E-state index is 0.141. The van der Waals surface area contributed by atoms with Gasteiger partial charge in [0.25, 0.3) is 5.91 Å². The number of H-pyrrole nitrogens is 1. The van der Waals surface area contributed by atoms with Crippen molar-refractivity contribution in [1.29, 1.82) is 0 Å². The lowest BCUT2D eigenvalue weighted by molar-refractivity contribution is 0.0763. The number of amides is 1. The van der Waals surface area contributed by atoms with Gasteiger partial charge in [-0.3, -0.25) is 4.79 Å². The lowest BCUT2D eigenvalue weighted by Crippen LogP contribution is -2.34. The summed E-state index contributed by atoms with van der Waals surface area (Å²) < 4.78 is 0.